The van der Waals surface area contributed by atoms with E-state index in [-0.39, 0.29) is 59.0 Å². The van der Waals surface area contributed by atoms with Gasteiger partial charge in [0, 0.05) is 106 Å². The van der Waals surface area contributed by atoms with Gasteiger partial charge in [0.25, 0.3) is 0 Å². The van der Waals surface area contributed by atoms with Crippen LogP contribution in [0, 0.1) is 23.4 Å². The molecule has 4 N–H and O–H groups in total. The summed E-state index contributed by atoms with van der Waals surface area (Å²) in [5, 5.41) is 20.2. The molecule has 616 valence electrons. The monoisotopic (exact) mass is 1560 g/mol. The van der Waals surface area contributed by atoms with Crippen LogP contribution < -0.4 is 20.7 Å². The van der Waals surface area contributed by atoms with Gasteiger partial charge in [-0.3, -0.25) is 29.1 Å². The fourth-order valence-electron chi connectivity index (χ4n) is 16.7. The molecule has 3 aromatic carbocycles. The number of hydrogen-bond donors (Lipinski definition) is 4. The van der Waals surface area contributed by atoms with Crippen LogP contribution in [0.3, 0.4) is 0 Å². The minimum atomic E-state index is -0.837. The number of aryl methyl sites for hydroxylation is 4. The Morgan fingerprint density at radius 2 is 1.12 bits per heavy atom. The van der Waals surface area contributed by atoms with Gasteiger partial charge < -0.3 is 54.2 Å². The Labute approximate surface area is 668 Å². The summed E-state index contributed by atoms with van der Waals surface area (Å²) >= 11 is 0. The highest BCUT2D eigenvalue weighted by Crippen LogP contribution is 2.38. The number of likely N-dealkylation sites (tertiary alicyclic amines) is 3. The van der Waals surface area contributed by atoms with Crippen LogP contribution in [-0.4, -0.2) is 175 Å². The number of nitrogens with one attached hydrogen (secondary N) is 3. The van der Waals surface area contributed by atoms with Crippen LogP contribution in [0.15, 0.2) is 84.9 Å². The molecule has 23 heteroatoms. The zero-order chi connectivity index (χ0) is 79.8. The normalized spacial score (nSPS) is 19.8. The number of halogens is 3. The first-order valence-electron chi connectivity index (χ1n) is 41.9. The van der Waals surface area contributed by atoms with Crippen molar-refractivity contribution in [2.75, 3.05) is 108 Å². The van der Waals surface area contributed by atoms with E-state index < -0.39 is 24.1 Å². The summed E-state index contributed by atoms with van der Waals surface area (Å²) in [5.41, 5.74) is 10.8. The van der Waals surface area contributed by atoms with Crippen LogP contribution in [0.1, 0.15) is 230 Å². The Bertz CT molecular complexity index is 4050. The molecular formula is C90H124F3N9O11. The second kappa shape index (κ2) is 43.0. The predicted molar refractivity (Wildman–Crippen MR) is 434 cm³/mol. The Balaban J connectivity index is 0.000000167. The van der Waals surface area contributed by atoms with Gasteiger partial charge in [0.15, 0.2) is 11.6 Å². The van der Waals surface area contributed by atoms with Crippen molar-refractivity contribution in [2.24, 2.45) is 5.92 Å². The number of hydrogen-bond acceptors (Lipinski definition) is 19. The molecule has 7 aliphatic rings. The number of methoxy groups -OCH3 is 1. The minimum Gasteiger partial charge on any atom is -0.496 e. The first-order chi connectivity index (χ1) is 54.6. The van der Waals surface area contributed by atoms with E-state index in [1.165, 1.54) is 66.8 Å². The molecule has 13 rings (SSSR count). The van der Waals surface area contributed by atoms with E-state index in [0.717, 1.165) is 192 Å². The van der Waals surface area contributed by atoms with Crippen LogP contribution in [-0.2, 0) is 101 Å². The lowest BCUT2D eigenvalue weighted by molar-refractivity contribution is -0.143. The van der Waals surface area contributed by atoms with E-state index in [2.05, 4.69) is 48.9 Å². The number of aliphatic carboxylic acids is 1. The van der Waals surface area contributed by atoms with Gasteiger partial charge in [-0.1, -0.05) is 55.3 Å². The summed E-state index contributed by atoms with van der Waals surface area (Å²) in [6.07, 6.45) is 20.8. The van der Waals surface area contributed by atoms with Crippen LogP contribution in [0.2, 0.25) is 0 Å². The standard InChI is InChI=1S/C31H42FN3O3.C30H43N3O5.C29H39F2N3O3/c1-22(36)30(29-18-26(32)11-9-25(29)20-38-28-14-17-37-21-28)35-16-13-23(19-35)6-3-2-4-8-27-12-10-24-7-5-15-33-31(24)34-27;1-30(2,3)38-20-21-10-5-6-12-24(21)27(29(34)35)33-16-14-23(19-33)37-17-8-7-11-22-18-26(36-4)25-13-9-15-31-28(25)32-22;1-19(2)37-18-21-9-10-22(30)15-26(21)28(20(3)35)34-13-11-24(17-34)36-14-5-4-7-23-16-27(31)25-8-6-12-32-29(25)33-23/h9-12,18,23,28,30H,2-8,13-17,19-21H2,1H3,(H,33,34);5-6,10,12,18,23,27H,7-9,11,13-17,19-20H2,1-4H3,(H,31,32)(H,34,35);9-10,15-16,19,24,28H,4-8,11-14,17-18H2,1-3H3,(H,32,33)/t23-,28-,30?;23-,27-;24-,28?/m111/s1. The number of nitrogens with zero attached hydrogens (tertiary/aromatic N) is 6. The van der Waals surface area contributed by atoms with Gasteiger partial charge in [-0.2, -0.15) is 0 Å². The zero-order valence-electron chi connectivity index (χ0n) is 68.2. The van der Waals surface area contributed by atoms with E-state index in [1.807, 2.05) is 63.8 Å². The number of anilines is 3. The number of carbonyl (C=O) groups is 3. The number of carboxylic acids is 1. The lowest BCUT2D eigenvalue weighted by Gasteiger charge is -2.28. The maximum absolute atomic E-state index is 14.4. The first kappa shape index (κ1) is 86.4. The van der Waals surface area contributed by atoms with Gasteiger partial charge in [0.05, 0.1) is 75.6 Å². The lowest BCUT2D eigenvalue weighted by Crippen LogP contribution is -2.34. The molecule has 0 radical (unpaired) electrons. The Hall–Kier alpha value is -7.45. The minimum absolute atomic E-state index is 0.0173. The van der Waals surface area contributed by atoms with E-state index in [0.29, 0.717) is 102 Å². The van der Waals surface area contributed by atoms with Crippen LogP contribution in [0.5, 0.6) is 5.75 Å². The lowest BCUT2D eigenvalue weighted by atomic mass is 9.96. The number of carboxylic acid groups (broad SMARTS) is 1. The van der Waals surface area contributed by atoms with E-state index in [9.17, 15) is 32.7 Å². The number of pyridine rings is 3. The SMILES string of the molecule is CC(=O)C(c1cc(F)ccc1COC(C)C)N1CC[C@@H](OCCCCc2cc(F)c3c(n2)NCCC3)C1.CC(=O)C(c1cc(F)ccc1CO[C@@H]1CCOC1)N1CC[C@@H](CCCCCc2ccc3c(n2)NCCC3)C1.COc1cc(CCCCO[C@@H]2CCN([C@@H](C(=O)O)c3ccccc3COC(C)(C)C)C2)nc2c1CCCN2. The summed E-state index contributed by atoms with van der Waals surface area (Å²) in [7, 11) is 1.72. The Morgan fingerprint density at radius 1 is 0.566 bits per heavy atom. The van der Waals surface area contributed by atoms with Crippen molar-refractivity contribution in [1.82, 2.24) is 29.7 Å². The number of rotatable bonds is 36. The molecule has 0 aliphatic carbocycles. The smallest absolute Gasteiger partial charge is 0.325 e. The molecule has 7 aliphatic heterocycles. The van der Waals surface area contributed by atoms with Gasteiger partial charge in [0.1, 0.15) is 46.7 Å². The number of benzene rings is 3. The van der Waals surface area contributed by atoms with E-state index >= 15 is 0 Å². The van der Waals surface area contributed by atoms with Crippen LogP contribution >= 0.6 is 0 Å². The quantitative estimate of drug-likeness (QED) is 0.0269. The summed E-state index contributed by atoms with van der Waals surface area (Å²) in [6, 6.07) is 23.5. The number of fused-ring (bicyclic) bond motifs is 3. The number of aromatic nitrogens is 3. The number of ether oxygens (including phenoxy) is 7. The number of ketones is 2. The number of Topliss-reactive ketones (excluding diaryl/α,β-unsaturated/α-hetero) is 2. The maximum Gasteiger partial charge on any atom is 0.325 e. The zero-order valence-corrected chi connectivity index (χ0v) is 68.2. The highest BCUT2D eigenvalue weighted by molar-refractivity contribution is 5.84. The average Bonchev–Trinajstić information content (AvgIpc) is 1.72. The molecule has 6 aromatic rings. The van der Waals surface area contributed by atoms with Gasteiger partial charge in [0.2, 0.25) is 0 Å². The fraction of sp³-hybridized carbons (Fsp3) is 0.600. The van der Waals surface area contributed by atoms with Crippen LogP contribution in [0.25, 0.3) is 0 Å². The Morgan fingerprint density at radius 3 is 1.74 bits per heavy atom. The van der Waals surface area contributed by atoms with Crippen molar-refractivity contribution in [3.8, 4) is 5.75 Å². The summed E-state index contributed by atoms with van der Waals surface area (Å²) < 4.78 is 83.9. The first-order valence-corrected chi connectivity index (χ1v) is 41.9. The average molecular weight is 1570 g/mol. The molecule has 3 aromatic heterocycles. The third kappa shape index (κ3) is 25.5. The molecule has 0 spiro atoms. The second-order valence-corrected chi connectivity index (χ2v) is 32.9. The molecule has 2 unspecified atom stereocenters. The fourth-order valence-corrected chi connectivity index (χ4v) is 16.7. The predicted octanol–water partition coefficient (Wildman–Crippen LogP) is 16.0. The number of carbonyl (C=O) groups excluding carboxylic acids is 2. The van der Waals surface area contributed by atoms with Gasteiger partial charge in [-0.05, 0) is 258 Å². The number of unbranched alkanes of at least 4 members (excludes halogenated alkanes) is 4. The molecule has 0 bridgehead atoms. The third-order valence-corrected chi connectivity index (χ3v) is 22.6. The molecule has 113 heavy (non-hydrogen) atoms. The second-order valence-electron chi connectivity index (χ2n) is 32.9. The van der Waals surface area contributed by atoms with Crippen molar-refractivity contribution in [1.29, 1.82) is 0 Å². The van der Waals surface area contributed by atoms with Crippen molar-refractivity contribution < 1.29 is 65.8 Å². The van der Waals surface area contributed by atoms with E-state index in [4.69, 9.17) is 43.1 Å². The topological polar surface area (TPSA) is 221 Å². The highest BCUT2D eigenvalue weighted by Gasteiger charge is 2.38. The van der Waals surface area contributed by atoms with Crippen molar-refractivity contribution >= 4 is 35.0 Å². The van der Waals surface area contributed by atoms with Gasteiger partial charge in [-0.15, -0.1) is 0 Å². The molecule has 0 amide bonds. The Kier molecular flexibility index (Phi) is 32.8. The molecular weight excluding hydrogens is 1440 g/mol. The molecule has 4 saturated heterocycles. The molecule has 10 heterocycles. The molecule has 0 saturated carbocycles. The molecule has 20 nitrogen and oxygen atoms in total. The van der Waals surface area contributed by atoms with Gasteiger partial charge >= 0.3 is 5.97 Å². The van der Waals surface area contributed by atoms with E-state index in [1.54, 1.807) is 39.2 Å². The maximum atomic E-state index is 14.4. The highest BCUT2D eigenvalue weighted by atomic mass is 19.1. The van der Waals surface area contributed by atoms with Crippen molar-refractivity contribution in [3.63, 3.8) is 0 Å². The largest absolute Gasteiger partial charge is 0.496 e. The summed E-state index contributed by atoms with van der Waals surface area (Å²) in [6.45, 7) is 24.0. The summed E-state index contributed by atoms with van der Waals surface area (Å²) in [4.78, 5) is 58.5. The molecule has 7 atom stereocenters. The van der Waals surface area contributed by atoms with Crippen molar-refractivity contribution in [3.05, 3.63) is 170 Å². The van der Waals surface area contributed by atoms with Gasteiger partial charge in [-0.25, -0.2) is 28.1 Å². The third-order valence-electron chi connectivity index (χ3n) is 22.6. The molecule has 4 fully saturated rings. The van der Waals surface area contributed by atoms with Crippen molar-refractivity contribution in [2.45, 2.75) is 251 Å². The summed E-state index contributed by atoms with van der Waals surface area (Å²) in [5.74, 6) is 2.64. The van der Waals surface area contributed by atoms with Crippen LogP contribution in [0.4, 0.5) is 30.6 Å².